The van der Waals surface area contributed by atoms with Crippen LogP contribution in [0.15, 0.2) is 138 Å². The smallest absolute Gasteiger partial charge is 0.272 e. The topological polar surface area (TPSA) is 96.5 Å². The van der Waals surface area contributed by atoms with Gasteiger partial charge in [-0.3, -0.25) is 14.4 Å². The SMILES string of the molecule is O=C(CSc1ccc(NC(=O)/C(=C/c2ccc(OCc3ccccc3)cc2)NC(=O)c2ccccc2)cc1)Nc1ccc(F)c(Cl)c1. The molecule has 5 rings (SSSR count). The molecule has 10 heteroatoms. The highest BCUT2D eigenvalue weighted by atomic mass is 35.5. The first-order chi connectivity index (χ1) is 22.8. The first-order valence-corrected chi connectivity index (χ1v) is 15.8. The van der Waals surface area contributed by atoms with E-state index < -0.39 is 17.6 Å². The lowest BCUT2D eigenvalue weighted by Crippen LogP contribution is -2.30. The lowest BCUT2D eigenvalue weighted by Gasteiger charge is -2.12. The maximum Gasteiger partial charge on any atom is 0.272 e. The minimum atomic E-state index is -0.564. The van der Waals surface area contributed by atoms with Crippen molar-refractivity contribution >= 4 is 58.5 Å². The maximum atomic E-state index is 13.4. The highest BCUT2D eigenvalue weighted by molar-refractivity contribution is 8.00. The molecule has 0 spiro atoms. The van der Waals surface area contributed by atoms with Crippen LogP contribution in [0.2, 0.25) is 5.02 Å². The normalized spacial score (nSPS) is 11.0. The average Bonchev–Trinajstić information content (AvgIpc) is 3.09. The third-order valence-corrected chi connectivity index (χ3v) is 7.96. The highest BCUT2D eigenvalue weighted by Crippen LogP contribution is 2.23. The van der Waals surface area contributed by atoms with Gasteiger partial charge < -0.3 is 20.7 Å². The van der Waals surface area contributed by atoms with Crippen molar-refractivity contribution in [1.82, 2.24) is 5.32 Å². The van der Waals surface area contributed by atoms with Gasteiger partial charge in [-0.1, -0.05) is 72.3 Å². The Bertz CT molecular complexity index is 1870. The monoisotopic (exact) mass is 665 g/mol. The van der Waals surface area contributed by atoms with E-state index in [0.29, 0.717) is 34.9 Å². The minimum absolute atomic E-state index is 0.0489. The number of halogens is 2. The van der Waals surface area contributed by atoms with Gasteiger partial charge in [0.2, 0.25) is 5.91 Å². The number of thioether (sulfide) groups is 1. The molecule has 0 aliphatic rings. The minimum Gasteiger partial charge on any atom is -0.489 e. The van der Waals surface area contributed by atoms with Crippen molar-refractivity contribution in [3.05, 3.63) is 161 Å². The number of carbonyl (C=O) groups excluding carboxylic acids is 3. The molecular formula is C37H29ClFN3O4S. The Morgan fingerprint density at radius 1 is 0.766 bits per heavy atom. The maximum absolute atomic E-state index is 13.4. The molecule has 0 atom stereocenters. The van der Waals surface area contributed by atoms with Crippen molar-refractivity contribution in [1.29, 1.82) is 0 Å². The summed E-state index contributed by atoms with van der Waals surface area (Å²) in [5.41, 5.74) is 3.08. The van der Waals surface area contributed by atoms with E-state index in [2.05, 4.69) is 16.0 Å². The summed E-state index contributed by atoms with van der Waals surface area (Å²) >= 11 is 7.07. The molecule has 0 saturated carbocycles. The van der Waals surface area contributed by atoms with Crippen molar-refractivity contribution in [2.45, 2.75) is 11.5 Å². The van der Waals surface area contributed by atoms with Gasteiger partial charge in [0.1, 0.15) is 23.9 Å². The van der Waals surface area contributed by atoms with Crippen LogP contribution in [0.4, 0.5) is 15.8 Å². The lowest BCUT2D eigenvalue weighted by atomic mass is 10.1. The Balaban J connectivity index is 1.22. The Hall–Kier alpha value is -5.38. The molecule has 0 aromatic heterocycles. The van der Waals surface area contributed by atoms with Gasteiger partial charge in [0, 0.05) is 21.8 Å². The Kier molecular flexibility index (Phi) is 11.4. The third kappa shape index (κ3) is 10.1. The highest BCUT2D eigenvalue weighted by Gasteiger charge is 2.15. The molecule has 0 radical (unpaired) electrons. The van der Waals surface area contributed by atoms with Crippen molar-refractivity contribution < 1.29 is 23.5 Å². The molecule has 0 heterocycles. The summed E-state index contributed by atoms with van der Waals surface area (Å²) in [6.45, 7) is 0.423. The second-order valence-electron chi connectivity index (χ2n) is 10.2. The van der Waals surface area contributed by atoms with E-state index >= 15 is 0 Å². The molecular weight excluding hydrogens is 637 g/mol. The third-order valence-electron chi connectivity index (χ3n) is 6.65. The molecule has 3 N–H and O–H groups in total. The van der Waals surface area contributed by atoms with E-state index in [4.69, 9.17) is 16.3 Å². The summed E-state index contributed by atoms with van der Waals surface area (Å²) in [5.74, 6) is -1.02. The summed E-state index contributed by atoms with van der Waals surface area (Å²) in [5, 5.41) is 8.16. The average molecular weight is 666 g/mol. The van der Waals surface area contributed by atoms with E-state index in [1.807, 2.05) is 30.3 Å². The fourth-order valence-electron chi connectivity index (χ4n) is 4.26. The molecule has 5 aromatic rings. The molecule has 0 aliphatic carbocycles. The van der Waals surface area contributed by atoms with E-state index in [9.17, 15) is 18.8 Å². The van der Waals surface area contributed by atoms with Crippen LogP contribution in [0.5, 0.6) is 5.75 Å². The second-order valence-corrected chi connectivity index (χ2v) is 11.6. The predicted molar refractivity (Wildman–Crippen MR) is 185 cm³/mol. The van der Waals surface area contributed by atoms with Crippen LogP contribution in [-0.2, 0) is 16.2 Å². The molecule has 236 valence electrons. The van der Waals surface area contributed by atoms with E-state index in [1.54, 1.807) is 84.9 Å². The van der Waals surface area contributed by atoms with E-state index in [-0.39, 0.29) is 22.4 Å². The van der Waals surface area contributed by atoms with Crippen molar-refractivity contribution in [3.63, 3.8) is 0 Å². The molecule has 3 amide bonds. The zero-order valence-electron chi connectivity index (χ0n) is 24.9. The number of carbonyl (C=O) groups is 3. The largest absolute Gasteiger partial charge is 0.489 e. The number of hydrogen-bond donors (Lipinski definition) is 3. The number of benzene rings is 5. The number of nitrogens with one attached hydrogen (secondary N) is 3. The standard InChI is InChI=1S/C37H29ClFN3O4S/c38-32-22-29(15-20-33(32)39)40-35(43)24-47-31-18-13-28(14-19-31)41-37(45)34(42-36(44)27-9-5-2-6-10-27)21-25-11-16-30(17-12-25)46-23-26-7-3-1-4-8-26/h1-22H,23-24H2,(H,40,43)(H,41,45)(H,42,44)/b34-21-. The number of anilines is 2. The number of rotatable bonds is 12. The van der Waals surface area contributed by atoms with Gasteiger partial charge >= 0.3 is 0 Å². The first-order valence-electron chi connectivity index (χ1n) is 14.5. The number of amides is 3. The quantitative estimate of drug-likeness (QED) is 0.0922. The molecule has 0 fully saturated rings. The van der Waals surface area contributed by atoms with Gasteiger partial charge in [0.05, 0.1) is 10.8 Å². The summed E-state index contributed by atoms with van der Waals surface area (Å²) in [7, 11) is 0. The molecule has 0 aliphatic heterocycles. The van der Waals surface area contributed by atoms with Gasteiger partial charge in [-0.25, -0.2) is 4.39 Å². The zero-order valence-corrected chi connectivity index (χ0v) is 26.5. The van der Waals surface area contributed by atoms with Gasteiger partial charge in [-0.15, -0.1) is 11.8 Å². The summed E-state index contributed by atoms with van der Waals surface area (Å²) in [6.07, 6.45) is 1.59. The molecule has 5 aromatic carbocycles. The second kappa shape index (κ2) is 16.3. The van der Waals surface area contributed by atoms with Crippen LogP contribution >= 0.6 is 23.4 Å². The fraction of sp³-hybridized carbons (Fsp3) is 0.0541. The van der Waals surface area contributed by atoms with Crippen LogP contribution in [0.25, 0.3) is 6.08 Å². The van der Waals surface area contributed by atoms with Crippen LogP contribution in [0.3, 0.4) is 0 Å². The van der Waals surface area contributed by atoms with Crippen molar-refractivity contribution in [2.75, 3.05) is 16.4 Å². The van der Waals surface area contributed by atoms with Gasteiger partial charge in [-0.2, -0.15) is 0 Å². The van der Waals surface area contributed by atoms with Crippen LogP contribution in [-0.4, -0.2) is 23.5 Å². The number of hydrogen-bond acceptors (Lipinski definition) is 5. The lowest BCUT2D eigenvalue weighted by molar-refractivity contribution is -0.114. The van der Waals surface area contributed by atoms with Gasteiger partial charge in [0.25, 0.3) is 11.8 Å². The molecule has 0 bridgehead atoms. The van der Waals surface area contributed by atoms with Crippen LogP contribution in [0, 0.1) is 5.82 Å². The van der Waals surface area contributed by atoms with Crippen molar-refractivity contribution in [3.8, 4) is 5.75 Å². The van der Waals surface area contributed by atoms with Crippen molar-refractivity contribution in [2.24, 2.45) is 0 Å². The molecule has 0 unspecified atom stereocenters. The summed E-state index contributed by atoms with van der Waals surface area (Å²) in [6, 6.07) is 36.5. The Morgan fingerprint density at radius 2 is 1.43 bits per heavy atom. The van der Waals surface area contributed by atoms with E-state index in [1.165, 1.54) is 30.0 Å². The van der Waals surface area contributed by atoms with Crippen LogP contribution in [0.1, 0.15) is 21.5 Å². The Labute approximate surface area is 280 Å². The predicted octanol–water partition coefficient (Wildman–Crippen LogP) is 8.20. The molecule has 7 nitrogen and oxygen atoms in total. The van der Waals surface area contributed by atoms with Crippen LogP contribution < -0.4 is 20.7 Å². The fourth-order valence-corrected chi connectivity index (χ4v) is 5.14. The van der Waals surface area contributed by atoms with E-state index in [0.717, 1.165) is 10.5 Å². The first kappa shape index (κ1) is 33.0. The summed E-state index contributed by atoms with van der Waals surface area (Å²) < 4.78 is 19.2. The number of ether oxygens (including phenoxy) is 1. The van der Waals surface area contributed by atoms with Gasteiger partial charge in [0.15, 0.2) is 0 Å². The summed E-state index contributed by atoms with van der Waals surface area (Å²) in [4.78, 5) is 39.5. The molecule has 47 heavy (non-hydrogen) atoms. The Morgan fingerprint density at radius 3 is 2.11 bits per heavy atom. The molecule has 0 saturated heterocycles. The van der Waals surface area contributed by atoms with Gasteiger partial charge in [-0.05, 0) is 83.9 Å². The zero-order chi connectivity index (χ0) is 33.0.